The van der Waals surface area contributed by atoms with E-state index in [2.05, 4.69) is 114 Å². The molecular formula is C39H54O4Si2. The third-order valence-corrected chi connectivity index (χ3v) is 26.8. The van der Waals surface area contributed by atoms with E-state index in [1.165, 1.54) is 60.1 Å². The molecule has 1 aliphatic heterocycles. The van der Waals surface area contributed by atoms with Gasteiger partial charge in [-0.2, -0.15) is 0 Å². The first-order valence-corrected chi connectivity index (χ1v) is 22.5. The fraction of sp³-hybridized carbons (Fsp3) is 0.462. The largest absolute Gasteiger partial charge is 0.463 e. The van der Waals surface area contributed by atoms with E-state index in [-0.39, 0.29) is 17.6 Å². The van der Waals surface area contributed by atoms with Crippen LogP contribution in [0.25, 0.3) is 11.1 Å². The Hall–Kier alpha value is -2.94. The Morgan fingerprint density at radius 2 is 1.20 bits per heavy atom. The van der Waals surface area contributed by atoms with Crippen LogP contribution in [0.5, 0.6) is 0 Å². The highest BCUT2D eigenvalue weighted by Gasteiger charge is 2.57. The molecule has 0 radical (unpaired) electrons. The second-order valence-electron chi connectivity index (χ2n) is 12.7. The Balaban J connectivity index is 1.95. The molecule has 4 nitrogen and oxygen atoms in total. The fourth-order valence-electron chi connectivity index (χ4n) is 8.30. The average Bonchev–Trinajstić information content (AvgIpc) is 3.12. The van der Waals surface area contributed by atoms with Gasteiger partial charge in [-0.1, -0.05) is 163 Å². The van der Waals surface area contributed by atoms with Gasteiger partial charge in [0.05, 0.1) is 29.9 Å². The first kappa shape index (κ1) is 34.9. The standard InChI is InChI=1S/C39H54O4Si2/c1-8-44(9-2,10-3)39(45(11-4,12-5)13-6)36-34(33-26-24-32(25-27-33)31-22-18-15-19-23-31)28-35(37(40)41-7)43-38(36)42-29-30-20-16-14-17-21-30/h14-28,34,36,38-39H,8-13,29H2,1-7H3/t34-,36-,38+/m1/s1. The quantitative estimate of drug-likeness (QED) is 0.122. The van der Waals surface area contributed by atoms with E-state index in [1.54, 1.807) is 0 Å². The molecule has 4 rings (SSSR count). The second kappa shape index (κ2) is 16.1. The van der Waals surface area contributed by atoms with Crippen LogP contribution >= 0.6 is 0 Å². The molecule has 0 spiro atoms. The predicted octanol–water partition coefficient (Wildman–Crippen LogP) is 10.6. The zero-order valence-electron chi connectivity index (χ0n) is 28.6. The molecule has 1 heterocycles. The van der Waals surface area contributed by atoms with Crippen molar-refractivity contribution in [2.24, 2.45) is 5.92 Å². The number of hydrogen-bond acceptors (Lipinski definition) is 4. The summed E-state index contributed by atoms with van der Waals surface area (Å²) in [6, 6.07) is 37.3. The average molecular weight is 643 g/mol. The smallest absolute Gasteiger partial charge is 0.373 e. The van der Waals surface area contributed by atoms with E-state index in [4.69, 9.17) is 14.2 Å². The summed E-state index contributed by atoms with van der Waals surface area (Å²) in [6.07, 6.45) is 1.52. The number of carbonyl (C=O) groups is 1. The van der Waals surface area contributed by atoms with E-state index in [0.717, 1.165) is 5.56 Å². The van der Waals surface area contributed by atoms with Crippen LogP contribution in [0.3, 0.4) is 0 Å². The Bertz CT molecular complexity index is 1330. The van der Waals surface area contributed by atoms with Crippen molar-refractivity contribution in [3.8, 4) is 11.1 Å². The Morgan fingerprint density at radius 1 is 0.711 bits per heavy atom. The van der Waals surface area contributed by atoms with E-state index >= 15 is 0 Å². The van der Waals surface area contributed by atoms with Gasteiger partial charge in [0, 0.05) is 11.8 Å². The van der Waals surface area contributed by atoms with Crippen molar-refractivity contribution < 1.29 is 19.0 Å². The lowest BCUT2D eigenvalue weighted by Gasteiger charge is -2.55. The summed E-state index contributed by atoms with van der Waals surface area (Å²) in [5.41, 5.74) is 4.70. The van der Waals surface area contributed by atoms with Crippen LogP contribution in [0.1, 0.15) is 58.6 Å². The molecule has 0 saturated heterocycles. The van der Waals surface area contributed by atoms with Gasteiger partial charge in [-0.25, -0.2) is 4.79 Å². The summed E-state index contributed by atoms with van der Waals surface area (Å²) >= 11 is 0. The van der Waals surface area contributed by atoms with Gasteiger partial charge in [0.25, 0.3) is 0 Å². The van der Waals surface area contributed by atoms with Crippen LogP contribution < -0.4 is 0 Å². The molecule has 0 aromatic heterocycles. The van der Waals surface area contributed by atoms with Crippen molar-refractivity contribution in [2.45, 2.75) is 102 Å². The number of esters is 1. The van der Waals surface area contributed by atoms with Gasteiger partial charge in [0.15, 0.2) is 0 Å². The third-order valence-electron chi connectivity index (χ3n) is 11.3. The van der Waals surface area contributed by atoms with Crippen molar-refractivity contribution in [3.05, 3.63) is 108 Å². The summed E-state index contributed by atoms with van der Waals surface area (Å²) in [5.74, 6) is -0.116. The molecule has 0 aliphatic carbocycles. The number of methoxy groups -OCH3 is 1. The number of hydrogen-bond donors (Lipinski definition) is 0. The molecule has 45 heavy (non-hydrogen) atoms. The lowest BCUT2D eigenvalue weighted by atomic mass is 9.83. The summed E-state index contributed by atoms with van der Waals surface area (Å²) in [7, 11) is -2.22. The highest BCUT2D eigenvalue weighted by Crippen LogP contribution is 2.56. The first-order chi connectivity index (χ1) is 21.8. The molecule has 0 fully saturated rings. The topological polar surface area (TPSA) is 44.8 Å². The van der Waals surface area contributed by atoms with E-state index in [9.17, 15) is 4.79 Å². The van der Waals surface area contributed by atoms with Gasteiger partial charge in [-0.05, 0) is 33.5 Å². The van der Waals surface area contributed by atoms with Crippen LogP contribution in [0.4, 0.5) is 0 Å². The normalized spacial score (nSPS) is 18.8. The molecule has 0 saturated carbocycles. The van der Waals surface area contributed by atoms with Crippen molar-refractivity contribution in [3.63, 3.8) is 0 Å². The maximum atomic E-state index is 13.2. The van der Waals surface area contributed by atoms with E-state index in [0.29, 0.717) is 11.8 Å². The molecule has 3 aromatic carbocycles. The van der Waals surface area contributed by atoms with Gasteiger partial charge in [0.1, 0.15) is 0 Å². The fourth-order valence-corrected chi connectivity index (χ4v) is 25.2. The van der Waals surface area contributed by atoms with Crippen LogP contribution in [0, 0.1) is 5.92 Å². The first-order valence-electron chi connectivity index (χ1n) is 17.1. The van der Waals surface area contributed by atoms with E-state index in [1.807, 2.05) is 18.2 Å². The SMILES string of the molecule is CC[Si](CC)(CC)C([C@H]1[C@@H](OCc2ccccc2)OC(C(=O)OC)=C[C@@H]1c1ccc(-c2ccccc2)cc1)[Si](CC)(CC)CC. The minimum atomic E-state index is -1.82. The van der Waals surface area contributed by atoms with Gasteiger partial charge in [0.2, 0.25) is 12.0 Å². The monoisotopic (exact) mass is 642 g/mol. The Labute approximate surface area is 274 Å². The van der Waals surface area contributed by atoms with Gasteiger partial charge < -0.3 is 14.2 Å². The molecular weight excluding hydrogens is 589 g/mol. The minimum absolute atomic E-state index is 0.0310. The second-order valence-corrected chi connectivity index (χ2v) is 24.2. The molecule has 242 valence electrons. The Morgan fingerprint density at radius 3 is 1.69 bits per heavy atom. The van der Waals surface area contributed by atoms with Crippen LogP contribution in [0.15, 0.2) is 96.8 Å². The minimum Gasteiger partial charge on any atom is -0.463 e. The lowest BCUT2D eigenvalue weighted by Crippen LogP contribution is -2.59. The van der Waals surface area contributed by atoms with E-state index < -0.39 is 28.4 Å². The van der Waals surface area contributed by atoms with Crippen LogP contribution in [-0.2, 0) is 25.6 Å². The zero-order valence-corrected chi connectivity index (χ0v) is 30.6. The summed E-state index contributed by atoms with van der Waals surface area (Å²) in [4.78, 5) is 13.2. The summed E-state index contributed by atoms with van der Waals surface area (Å²) in [5, 5.41) is 0.556. The highest BCUT2D eigenvalue weighted by atomic mass is 28.4. The van der Waals surface area contributed by atoms with Crippen molar-refractivity contribution in [1.29, 1.82) is 0 Å². The maximum absolute atomic E-state index is 13.2. The molecule has 1 aliphatic rings. The van der Waals surface area contributed by atoms with Crippen LogP contribution in [0.2, 0.25) is 41.4 Å². The molecule has 3 aromatic rings. The number of benzene rings is 3. The maximum Gasteiger partial charge on any atom is 0.373 e. The van der Waals surface area contributed by atoms with Gasteiger partial charge in [-0.3, -0.25) is 0 Å². The molecule has 0 bridgehead atoms. The lowest BCUT2D eigenvalue weighted by molar-refractivity contribution is -0.178. The van der Waals surface area contributed by atoms with Gasteiger partial charge in [-0.15, -0.1) is 0 Å². The number of carbonyl (C=O) groups excluding carboxylic acids is 1. The van der Waals surface area contributed by atoms with Gasteiger partial charge >= 0.3 is 5.97 Å². The van der Waals surface area contributed by atoms with Crippen molar-refractivity contribution >= 4 is 22.1 Å². The highest BCUT2D eigenvalue weighted by molar-refractivity contribution is 6.99. The number of rotatable bonds is 15. The third kappa shape index (κ3) is 7.39. The number of allylic oxidation sites excluding steroid dienone is 1. The van der Waals surface area contributed by atoms with Crippen LogP contribution in [-0.4, -0.2) is 35.5 Å². The van der Waals surface area contributed by atoms with Crippen molar-refractivity contribution in [2.75, 3.05) is 7.11 Å². The Kier molecular flexibility index (Phi) is 12.5. The summed E-state index contributed by atoms with van der Waals surface area (Å²) in [6.45, 7) is 15.1. The molecule has 3 atom stereocenters. The number of ether oxygens (including phenoxy) is 3. The molecule has 0 amide bonds. The molecule has 0 N–H and O–H groups in total. The summed E-state index contributed by atoms with van der Waals surface area (Å²) < 4.78 is 18.8. The predicted molar refractivity (Wildman–Crippen MR) is 192 cm³/mol. The zero-order chi connectivity index (χ0) is 32.5. The molecule has 0 unspecified atom stereocenters. The molecule has 6 heteroatoms. The van der Waals surface area contributed by atoms with Crippen molar-refractivity contribution in [1.82, 2.24) is 0 Å².